The van der Waals surface area contributed by atoms with Gasteiger partial charge in [-0.15, -0.1) is 0 Å². The number of sulfone groups is 1. The van der Waals surface area contributed by atoms with Gasteiger partial charge < -0.3 is 15.4 Å². The number of rotatable bonds is 7. The highest BCUT2D eigenvalue weighted by Gasteiger charge is 2.14. The van der Waals surface area contributed by atoms with Gasteiger partial charge in [-0.3, -0.25) is 4.79 Å². The number of carbonyl (C=O) groups is 1. The van der Waals surface area contributed by atoms with E-state index in [9.17, 15) is 13.2 Å². The Bertz CT molecular complexity index is 530. The van der Waals surface area contributed by atoms with Crippen LogP contribution in [0.5, 0.6) is 0 Å². The molecule has 0 aliphatic carbocycles. The number of ether oxygens (including phenoxy) is 1. The minimum Gasteiger partial charge on any atom is -0.383 e. The monoisotopic (exact) mass is 287 g/mol. The number of carbonyl (C=O) groups excluding carboxylic acids is 1. The van der Waals surface area contributed by atoms with Crippen molar-refractivity contribution >= 4 is 21.6 Å². The van der Waals surface area contributed by atoms with Crippen molar-refractivity contribution in [3.8, 4) is 0 Å². The van der Waals surface area contributed by atoms with Crippen molar-refractivity contribution in [1.82, 2.24) is 10.3 Å². The first-order valence-corrected chi connectivity index (χ1v) is 7.49. The molecule has 0 saturated heterocycles. The van der Waals surface area contributed by atoms with E-state index in [-0.39, 0.29) is 23.2 Å². The number of methoxy groups -OCH3 is 1. The van der Waals surface area contributed by atoms with E-state index in [1.54, 1.807) is 0 Å². The highest BCUT2D eigenvalue weighted by atomic mass is 32.2. The summed E-state index contributed by atoms with van der Waals surface area (Å²) in [6.45, 7) is 0.769. The highest BCUT2D eigenvalue weighted by molar-refractivity contribution is 7.90. The predicted molar refractivity (Wildman–Crippen MR) is 70.7 cm³/mol. The van der Waals surface area contributed by atoms with Crippen LogP contribution in [0.1, 0.15) is 0 Å². The largest absolute Gasteiger partial charge is 0.383 e. The summed E-state index contributed by atoms with van der Waals surface area (Å²) in [7, 11) is -1.84. The summed E-state index contributed by atoms with van der Waals surface area (Å²) < 4.78 is 27.8. The summed E-state index contributed by atoms with van der Waals surface area (Å²) in [6, 6.07) is 2.97. The highest BCUT2D eigenvalue weighted by Crippen LogP contribution is 2.16. The molecule has 0 atom stereocenters. The molecule has 1 aromatic rings. The third kappa shape index (κ3) is 5.23. The van der Waals surface area contributed by atoms with E-state index in [4.69, 9.17) is 4.74 Å². The van der Waals surface area contributed by atoms with Gasteiger partial charge in [-0.05, 0) is 12.1 Å². The molecule has 0 radical (unpaired) electrons. The van der Waals surface area contributed by atoms with Crippen LogP contribution in [0.3, 0.4) is 0 Å². The zero-order chi connectivity index (χ0) is 14.3. The molecule has 0 fully saturated rings. The van der Waals surface area contributed by atoms with Crippen LogP contribution in [0.25, 0.3) is 0 Å². The molecule has 0 aliphatic heterocycles. The lowest BCUT2D eigenvalue weighted by molar-refractivity contribution is -0.119. The van der Waals surface area contributed by atoms with Crippen molar-refractivity contribution in [2.45, 2.75) is 4.90 Å². The number of hydrogen-bond acceptors (Lipinski definition) is 6. The summed E-state index contributed by atoms with van der Waals surface area (Å²) in [4.78, 5) is 15.4. The van der Waals surface area contributed by atoms with E-state index < -0.39 is 9.84 Å². The van der Waals surface area contributed by atoms with Crippen molar-refractivity contribution in [1.29, 1.82) is 0 Å². The van der Waals surface area contributed by atoms with Crippen molar-refractivity contribution in [2.75, 3.05) is 38.4 Å². The number of amides is 1. The zero-order valence-corrected chi connectivity index (χ0v) is 11.7. The first-order chi connectivity index (χ1) is 8.95. The normalized spacial score (nSPS) is 11.1. The molecule has 0 bridgehead atoms. The lowest BCUT2D eigenvalue weighted by Gasteiger charge is -2.09. The summed E-state index contributed by atoms with van der Waals surface area (Å²) in [5.41, 5.74) is 0. The van der Waals surface area contributed by atoms with Crippen LogP contribution < -0.4 is 10.6 Å². The van der Waals surface area contributed by atoms with Gasteiger partial charge in [0.1, 0.15) is 10.7 Å². The molecule has 106 valence electrons. The number of pyridine rings is 1. The maximum Gasteiger partial charge on any atom is 0.239 e. The van der Waals surface area contributed by atoms with Gasteiger partial charge in [0.15, 0.2) is 9.84 Å². The fraction of sp³-hybridized carbons (Fsp3) is 0.455. The third-order valence-corrected chi connectivity index (χ3v) is 3.34. The van der Waals surface area contributed by atoms with E-state index in [1.807, 2.05) is 0 Å². The second kappa shape index (κ2) is 7.05. The Morgan fingerprint density at radius 2 is 2.21 bits per heavy atom. The predicted octanol–water partition coefficient (Wildman–Crippen LogP) is -0.340. The second-order valence-corrected chi connectivity index (χ2v) is 5.80. The molecule has 2 N–H and O–H groups in total. The van der Waals surface area contributed by atoms with Gasteiger partial charge in [0.05, 0.1) is 13.2 Å². The van der Waals surface area contributed by atoms with E-state index in [1.165, 1.54) is 25.4 Å². The van der Waals surface area contributed by atoms with E-state index in [0.717, 1.165) is 6.26 Å². The van der Waals surface area contributed by atoms with Gasteiger partial charge in [0.25, 0.3) is 0 Å². The quantitative estimate of drug-likeness (QED) is 0.666. The van der Waals surface area contributed by atoms with Crippen LogP contribution in [0, 0.1) is 0 Å². The van der Waals surface area contributed by atoms with E-state index in [0.29, 0.717) is 13.2 Å². The first kappa shape index (κ1) is 15.4. The molecule has 1 amide bonds. The Morgan fingerprint density at radius 1 is 1.47 bits per heavy atom. The summed E-state index contributed by atoms with van der Waals surface area (Å²) in [5.74, 6) is -0.0888. The van der Waals surface area contributed by atoms with Crippen LogP contribution in [0.2, 0.25) is 0 Å². The molecule has 0 unspecified atom stereocenters. The fourth-order valence-electron chi connectivity index (χ4n) is 1.34. The minimum atomic E-state index is -3.38. The van der Waals surface area contributed by atoms with Gasteiger partial charge in [-0.25, -0.2) is 13.4 Å². The summed E-state index contributed by atoms with van der Waals surface area (Å²) >= 11 is 0. The number of nitrogens with zero attached hydrogens (tertiary/aromatic N) is 1. The van der Waals surface area contributed by atoms with Crippen LogP contribution in [0.4, 0.5) is 5.82 Å². The molecule has 19 heavy (non-hydrogen) atoms. The van der Waals surface area contributed by atoms with Gasteiger partial charge in [0, 0.05) is 26.1 Å². The van der Waals surface area contributed by atoms with Gasteiger partial charge in [-0.2, -0.15) is 0 Å². The number of aromatic nitrogens is 1. The second-order valence-electron chi connectivity index (χ2n) is 3.82. The lowest BCUT2D eigenvalue weighted by Crippen LogP contribution is -2.32. The Balaban J connectivity index is 2.61. The molecule has 1 aromatic heterocycles. The van der Waals surface area contributed by atoms with E-state index >= 15 is 0 Å². The molecule has 0 aliphatic rings. The van der Waals surface area contributed by atoms with Crippen LogP contribution >= 0.6 is 0 Å². The summed E-state index contributed by atoms with van der Waals surface area (Å²) in [6.07, 6.45) is 2.55. The Hall–Kier alpha value is -1.67. The standard InChI is InChI=1S/C11H17N3O4S/c1-18-7-6-12-10(15)8-14-11-9(19(2,16)17)4-3-5-13-11/h3-5H,6-8H2,1-2H3,(H,12,15)(H,13,14). The molecule has 1 rings (SSSR count). The minimum absolute atomic E-state index is 0.0523. The van der Waals surface area contributed by atoms with Crippen molar-refractivity contribution in [3.63, 3.8) is 0 Å². The zero-order valence-electron chi connectivity index (χ0n) is 10.8. The number of hydrogen-bond donors (Lipinski definition) is 2. The first-order valence-electron chi connectivity index (χ1n) is 5.59. The maximum atomic E-state index is 11.5. The molecule has 0 aromatic carbocycles. The fourth-order valence-corrected chi connectivity index (χ4v) is 2.14. The smallest absolute Gasteiger partial charge is 0.239 e. The van der Waals surface area contributed by atoms with Gasteiger partial charge in [-0.1, -0.05) is 0 Å². The maximum absolute atomic E-state index is 11.5. The summed E-state index contributed by atoms with van der Waals surface area (Å²) in [5, 5.41) is 5.31. The Kier molecular flexibility index (Phi) is 5.71. The lowest BCUT2D eigenvalue weighted by atomic mass is 10.4. The molecular formula is C11H17N3O4S. The van der Waals surface area contributed by atoms with Gasteiger partial charge in [0.2, 0.25) is 5.91 Å². The van der Waals surface area contributed by atoms with Crippen molar-refractivity contribution < 1.29 is 17.9 Å². The van der Waals surface area contributed by atoms with E-state index in [2.05, 4.69) is 15.6 Å². The van der Waals surface area contributed by atoms with Crippen molar-refractivity contribution in [2.24, 2.45) is 0 Å². The SMILES string of the molecule is COCCNC(=O)CNc1ncccc1S(C)(=O)=O. The molecule has 7 nitrogen and oxygen atoms in total. The Labute approximate surface area is 112 Å². The molecule has 8 heteroatoms. The third-order valence-electron chi connectivity index (χ3n) is 2.21. The Morgan fingerprint density at radius 3 is 2.84 bits per heavy atom. The number of nitrogens with one attached hydrogen (secondary N) is 2. The average Bonchev–Trinajstić information content (AvgIpc) is 2.36. The topological polar surface area (TPSA) is 97.4 Å². The van der Waals surface area contributed by atoms with Crippen LogP contribution in [-0.4, -0.2) is 52.4 Å². The molecule has 1 heterocycles. The molecule has 0 saturated carbocycles. The van der Waals surface area contributed by atoms with Crippen LogP contribution in [0.15, 0.2) is 23.2 Å². The number of anilines is 1. The van der Waals surface area contributed by atoms with Crippen molar-refractivity contribution in [3.05, 3.63) is 18.3 Å². The van der Waals surface area contributed by atoms with Crippen LogP contribution in [-0.2, 0) is 19.4 Å². The molecule has 0 spiro atoms. The molecular weight excluding hydrogens is 270 g/mol. The van der Waals surface area contributed by atoms with Gasteiger partial charge >= 0.3 is 0 Å². The average molecular weight is 287 g/mol.